The van der Waals surface area contributed by atoms with Crippen LogP contribution < -0.4 is 5.32 Å². The first-order valence-corrected chi connectivity index (χ1v) is 8.16. The smallest absolute Gasteiger partial charge is 0.151 e. The predicted octanol–water partition coefficient (Wildman–Crippen LogP) is 4.40. The van der Waals surface area contributed by atoms with Crippen molar-refractivity contribution < 1.29 is 4.79 Å². The topological polar surface area (TPSA) is 67.8 Å². The van der Waals surface area contributed by atoms with E-state index in [4.69, 9.17) is 11.6 Å². The summed E-state index contributed by atoms with van der Waals surface area (Å²) in [4.78, 5) is 22.0. The Morgan fingerprint density at radius 3 is 2.38 bits per heavy atom. The lowest BCUT2D eigenvalue weighted by Gasteiger charge is -2.06. The van der Waals surface area contributed by atoms with Crippen molar-refractivity contribution in [2.75, 3.05) is 5.32 Å². The van der Waals surface area contributed by atoms with Crippen molar-refractivity contribution in [1.29, 1.82) is 0 Å². The number of rotatable bonds is 4. The van der Waals surface area contributed by atoms with Crippen molar-refractivity contribution in [3.63, 3.8) is 0 Å². The summed E-state index contributed by atoms with van der Waals surface area (Å²) < 4.78 is 0.644. The zero-order chi connectivity index (χ0) is 17.2. The van der Waals surface area contributed by atoms with Gasteiger partial charge >= 0.3 is 0 Å². The van der Waals surface area contributed by atoms with Crippen LogP contribution in [-0.4, -0.2) is 21.2 Å². The standard InChI is InChI=1S/C11H9BrClN3.C6H5NO/c12-11-9(13)3-4-10(16-11)15-7-8-2-1-5-14-6-8;8-5-6-2-1-3-7-4-6/h1-6H,7H2,(H,15,16);1-5H. The van der Waals surface area contributed by atoms with Crippen molar-refractivity contribution in [3.05, 3.63) is 81.9 Å². The number of nitrogens with one attached hydrogen (secondary N) is 1. The van der Waals surface area contributed by atoms with Crippen molar-refractivity contribution in [1.82, 2.24) is 15.0 Å². The summed E-state index contributed by atoms with van der Waals surface area (Å²) in [5, 5.41) is 3.79. The van der Waals surface area contributed by atoms with Gasteiger partial charge in [-0.05, 0) is 51.8 Å². The van der Waals surface area contributed by atoms with Gasteiger partial charge in [0.1, 0.15) is 10.4 Å². The number of carbonyl (C=O) groups is 1. The molecule has 0 amide bonds. The first-order valence-electron chi connectivity index (χ1n) is 6.99. The lowest BCUT2D eigenvalue weighted by Crippen LogP contribution is -2.01. The molecule has 5 nitrogen and oxygen atoms in total. The maximum Gasteiger partial charge on any atom is 0.151 e. The number of pyridine rings is 3. The Kier molecular flexibility index (Phi) is 7.32. The summed E-state index contributed by atoms with van der Waals surface area (Å²) in [6.45, 7) is 0.689. The zero-order valence-corrected chi connectivity index (χ0v) is 14.9. The number of halogens is 2. The lowest BCUT2D eigenvalue weighted by atomic mass is 10.3. The molecule has 0 aromatic carbocycles. The van der Waals surface area contributed by atoms with Gasteiger partial charge < -0.3 is 5.32 Å². The molecule has 122 valence electrons. The largest absolute Gasteiger partial charge is 0.366 e. The van der Waals surface area contributed by atoms with Crippen LogP contribution in [0.4, 0.5) is 5.82 Å². The number of aromatic nitrogens is 3. The molecule has 3 rings (SSSR count). The number of hydrogen-bond acceptors (Lipinski definition) is 5. The Bertz CT molecular complexity index is 772. The maximum atomic E-state index is 9.97. The van der Waals surface area contributed by atoms with Gasteiger partial charge in [0.25, 0.3) is 0 Å². The molecule has 0 saturated carbocycles. The molecule has 7 heteroatoms. The minimum atomic E-state index is 0.604. The van der Waals surface area contributed by atoms with E-state index in [2.05, 4.69) is 36.2 Å². The average molecular weight is 406 g/mol. The second-order valence-corrected chi connectivity index (χ2v) is 5.75. The van der Waals surface area contributed by atoms with Crippen molar-refractivity contribution in [2.45, 2.75) is 6.54 Å². The molecule has 3 aromatic heterocycles. The number of anilines is 1. The van der Waals surface area contributed by atoms with E-state index in [-0.39, 0.29) is 0 Å². The summed E-state index contributed by atoms with van der Waals surface area (Å²) in [6, 6.07) is 11.0. The highest BCUT2D eigenvalue weighted by Crippen LogP contribution is 2.21. The molecular formula is C17H14BrClN4O. The Labute approximate surface area is 153 Å². The van der Waals surface area contributed by atoms with Crippen molar-refractivity contribution in [2.24, 2.45) is 0 Å². The summed E-state index contributed by atoms with van der Waals surface area (Å²) in [7, 11) is 0. The van der Waals surface area contributed by atoms with Gasteiger partial charge in [-0.2, -0.15) is 0 Å². The molecule has 0 atom stereocenters. The van der Waals surface area contributed by atoms with Gasteiger partial charge in [-0.1, -0.05) is 17.7 Å². The monoisotopic (exact) mass is 404 g/mol. The second kappa shape index (κ2) is 9.75. The van der Waals surface area contributed by atoms with Crippen LogP contribution in [0.5, 0.6) is 0 Å². The van der Waals surface area contributed by atoms with Crippen LogP contribution >= 0.6 is 27.5 Å². The summed E-state index contributed by atoms with van der Waals surface area (Å²) in [5.74, 6) is 0.778. The van der Waals surface area contributed by atoms with Crippen LogP contribution in [0.2, 0.25) is 5.02 Å². The van der Waals surface area contributed by atoms with Crippen LogP contribution in [0.1, 0.15) is 15.9 Å². The van der Waals surface area contributed by atoms with E-state index in [1.54, 1.807) is 30.6 Å². The highest BCUT2D eigenvalue weighted by molar-refractivity contribution is 9.10. The zero-order valence-electron chi connectivity index (χ0n) is 12.6. The summed E-state index contributed by atoms with van der Waals surface area (Å²) >= 11 is 9.13. The van der Waals surface area contributed by atoms with E-state index in [1.807, 2.05) is 24.4 Å². The Morgan fingerprint density at radius 1 is 1.08 bits per heavy atom. The molecule has 0 bridgehead atoms. The molecule has 0 aliphatic heterocycles. The number of carbonyl (C=O) groups excluding carboxylic acids is 1. The Balaban J connectivity index is 0.000000219. The van der Waals surface area contributed by atoms with Gasteiger partial charge in [0.15, 0.2) is 6.29 Å². The Morgan fingerprint density at radius 2 is 1.83 bits per heavy atom. The molecule has 0 spiro atoms. The lowest BCUT2D eigenvalue weighted by molar-refractivity contribution is 0.112. The third-order valence-electron chi connectivity index (χ3n) is 2.82. The van der Waals surface area contributed by atoms with E-state index in [1.165, 1.54) is 6.20 Å². The first-order chi connectivity index (χ1) is 11.7. The van der Waals surface area contributed by atoms with Crippen LogP contribution in [-0.2, 0) is 6.54 Å². The molecule has 0 aliphatic rings. The van der Waals surface area contributed by atoms with E-state index >= 15 is 0 Å². The Hall–Kier alpha value is -2.31. The average Bonchev–Trinajstić information content (AvgIpc) is 2.65. The summed E-state index contributed by atoms with van der Waals surface area (Å²) in [6.07, 6.45) is 7.49. The molecule has 0 unspecified atom stereocenters. The van der Waals surface area contributed by atoms with Crippen LogP contribution in [0.3, 0.4) is 0 Å². The fourth-order valence-corrected chi connectivity index (χ4v) is 2.09. The van der Waals surface area contributed by atoms with Crippen LogP contribution in [0.15, 0.2) is 65.8 Å². The molecular weight excluding hydrogens is 392 g/mol. The summed E-state index contributed by atoms with van der Waals surface area (Å²) in [5.41, 5.74) is 1.72. The van der Waals surface area contributed by atoms with Gasteiger partial charge in [-0.3, -0.25) is 14.8 Å². The molecule has 0 radical (unpaired) electrons. The molecule has 3 heterocycles. The van der Waals surface area contributed by atoms with Crippen molar-refractivity contribution >= 4 is 39.6 Å². The van der Waals surface area contributed by atoms with Gasteiger partial charge in [-0.15, -0.1) is 0 Å². The minimum absolute atomic E-state index is 0.604. The molecule has 24 heavy (non-hydrogen) atoms. The second-order valence-electron chi connectivity index (χ2n) is 4.59. The quantitative estimate of drug-likeness (QED) is 0.515. The van der Waals surface area contributed by atoms with Gasteiger partial charge in [-0.25, -0.2) is 4.98 Å². The van der Waals surface area contributed by atoms with Gasteiger partial charge in [0.05, 0.1) is 5.02 Å². The van der Waals surface area contributed by atoms with E-state index in [0.717, 1.165) is 17.7 Å². The number of aldehydes is 1. The van der Waals surface area contributed by atoms with Crippen LogP contribution in [0.25, 0.3) is 0 Å². The van der Waals surface area contributed by atoms with Gasteiger partial charge in [0.2, 0.25) is 0 Å². The highest BCUT2D eigenvalue weighted by atomic mass is 79.9. The first kappa shape index (κ1) is 18.0. The van der Waals surface area contributed by atoms with E-state index in [0.29, 0.717) is 21.7 Å². The molecule has 1 N–H and O–H groups in total. The number of hydrogen-bond donors (Lipinski definition) is 1. The molecule has 0 aliphatic carbocycles. The minimum Gasteiger partial charge on any atom is -0.366 e. The third-order valence-corrected chi connectivity index (χ3v) is 3.96. The molecule has 3 aromatic rings. The van der Waals surface area contributed by atoms with E-state index < -0.39 is 0 Å². The SMILES string of the molecule is Clc1ccc(NCc2cccnc2)nc1Br.O=Cc1cccnc1. The predicted molar refractivity (Wildman–Crippen MR) is 98.1 cm³/mol. The van der Waals surface area contributed by atoms with Gasteiger partial charge in [0, 0.05) is 36.9 Å². The van der Waals surface area contributed by atoms with Crippen molar-refractivity contribution in [3.8, 4) is 0 Å². The highest BCUT2D eigenvalue weighted by Gasteiger charge is 2.00. The maximum absolute atomic E-state index is 9.97. The fraction of sp³-hybridized carbons (Fsp3) is 0.0588. The third kappa shape index (κ3) is 6.06. The molecule has 0 saturated heterocycles. The van der Waals surface area contributed by atoms with E-state index in [9.17, 15) is 4.79 Å². The molecule has 0 fully saturated rings. The van der Waals surface area contributed by atoms with Crippen LogP contribution in [0, 0.1) is 0 Å². The normalized spacial score (nSPS) is 9.58. The number of nitrogens with zero attached hydrogens (tertiary/aromatic N) is 3. The fourth-order valence-electron chi connectivity index (χ4n) is 1.66.